The van der Waals surface area contributed by atoms with Gasteiger partial charge in [0.05, 0.1) is 17.8 Å². The highest BCUT2D eigenvalue weighted by atomic mass is 19.4. The maximum Gasteiger partial charge on any atom is 0.431 e. The van der Waals surface area contributed by atoms with Crippen LogP contribution in [-0.4, -0.2) is 39.0 Å². The molecule has 0 unspecified atom stereocenters. The molecule has 0 aliphatic carbocycles. The molecule has 0 radical (unpaired) electrons. The fraction of sp³-hybridized carbons (Fsp3) is 0.429. The largest absolute Gasteiger partial charge is 0.478 e. The van der Waals surface area contributed by atoms with Crippen LogP contribution in [0, 0.1) is 17.5 Å². The molecule has 1 amide bonds. The Morgan fingerprint density at radius 2 is 1.76 bits per heavy atom. The average molecular weight is 477 g/mol. The van der Waals surface area contributed by atoms with Crippen LogP contribution in [-0.2, 0) is 36.9 Å². The van der Waals surface area contributed by atoms with Gasteiger partial charge in [0.15, 0.2) is 11.6 Å². The van der Waals surface area contributed by atoms with E-state index in [0.29, 0.717) is 12.1 Å². The van der Waals surface area contributed by atoms with Crippen LogP contribution in [0.25, 0.3) is 0 Å². The summed E-state index contributed by atoms with van der Waals surface area (Å²) in [6.07, 6.45) is -5.56. The molecule has 1 atom stereocenters. The summed E-state index contributed by atoms with van der Waals surface area (Å²) < 4.78 is 82.0. The summed E-state index contributed by atoms with van der Waals surface area (Å²) in [5.41, 5.74) is 3.66. The van der Waals surface area contributed by atoms with E-state index in [2.05, 4.69) is 0 Å². The van der Waals surface area contributed by atoms with E-state index in [9.17, 15) is 41.0 Å². The van der Waals surface area contributed by atoms with Gasteiger partial charge in [0.25, 0.3) is 0 Å². The number of hydrogen-bond acceptors (Lipinski definition) is 3. The molecule has 2 heterocycles. The van der Waals surface area contributed by atoms with Gasteiger partial charge in [0.2, 0.25) is 5.91 Å². The van der Waals surface area contributed by atoms with Gasteiger partial charge in [-0.3, -0.25) is 4.79 Å². The van der Waals surface area contributed by atoms with Crippen LogP contribution < -0.4 is 5.73 Å². The van der Waals surface area contributed by atoms with E-state index in [4.69, 9.17) is 5.73 Å². The summed E-state index contributed by atoms with van der Waals surface area (Å²) in [7, 11) is 0. The van der Waals surface area contributed by atoms with Crippen molar-refractivity contribution in [3.63, 3.8) is 0 Å². The molecule has 3 N–H and O–H groups in total. The number of aromatic nitrogens is 1. The number of nitrogens with two attached hydrogens (primary N) is 1. The molecule has 0 fully saturated rings. The molecular weight excluding hydrogens is 456 g/mol. The first-order valence-corrected chi connectivity index (χ1v) is 10.1. The number of carboxylic acid groups (broad SMARTS) is 1. The van der Waals surface area contributed by atoms with Crippen molar-refractivity contribution < 1.29 is 41.0 Å². The second kappa shape index (κ2) is 9.08. The maximum absolute atomic E-state index is 13.8. The van der Waals surface area contributed by atoms with Gasteiger partial charge < -0.3 is 20.3 Å². The van der Waals surface area contributed by atoms with Crippen molar-refractivity contribution >= 4 is 11.9 Å². The zero-order chi connectivity index (χ0) is 24.7. The van der Waals surface area contributed by atoms with E-state index in [1.165, 1.54) is 11.8 Å². The molecule has 0 saturated heterocycles. The van der Waals surface area contributed by atoms with Crippen LogP contribution in [0.1, 0.15) is 46.2 Å². The van der Waals surface area contributed by atoms with Gasteiger partial charge in [0, 0.05) is 31.6 Å². The van der Waals surface area contributed by atoms with Gasteiger partial charge in [-0.25, -0.2) is 18.0 Å². The normalized spacial score (nSPS) is 14.8. The highest BCUT2D eigenvalue weighted by Crippen LogP contribution is 2.39. The topological polar surface area (TPSA) is 88.6 Å². The van der Waals surface area contributed by atoms with Crippen LogP contribution in [0.2, 0.25) is 0 Å². The molecule has 12 heteroatoms. The summed E-state index contributed by atoms with van der Waals surface area (Å²) in [5, 5.41) is 9.54. The number of fused-ring (bicyclic) bond motifs is 1. The van der Waals surface area contributed by atoms with Crippen molar-refractivity contribution in [2.45, 2.75) is 51.5 Å². The third-order valence-corrected chi connectivity index (χ3v) is 5.60. The lowest BCUT2D eigenvalue weighted by Gasteiger charge is -2.31. The van der Waals surface area contributed by atoms with Crippen LogP contribution in [0.5, 0.6) is 0 Å². The molecule has 0 spiro atoms. The first kappa shape index (κ1) is 24.6. The van der Waals surface area contributed by atoms with Gasteiger partial charge in [0.1, 0.15) is 11.5 Å². The Kier molecular flexibility index (Phi) is 6.78. The molecule has 6 nitrogen and oxygen atoms in total. The van der Waals surface area contributed by atoms with Gasteiger partial charge in [-0.1, -0.05) is 6.92 Å². The van der Waals surface area contributed by atoms with Gasteiger partial charge in [-0.2, -0.15) is 13.2 Å². The number of halogens is 6. The van der Waals surface area contributed by atoms with Crippen molar-refractivity contribution in [1.82, 2.24) is 9.47 Å². The summed E-state index contributed by atoms with van der Waals surface area (Å²) in [6.45, 7) is 0.680. The Morgan fingerprint density at radius 1 is 1.12 bits per heavy atom. The smallest absolute Gasteiger partial charge is 0.431 e. The Hall–Kier alpha value is -3.02. The predicted molar refractivity (Wildman–Crippen MR) is 104 cm³/mol. The van der Waals surface area contributed by atoms with Crippen LogP contribution >= 0.6 is 0 Å². The predicted octanol–water partition coefficient (Wildman–Crippen LogP) is 3.49. The first-order valence-electron chi connectivity index (χ1n) is 10.1. The van der Waals surface area contributed by atoms with Gasteiger partial charge >= 0.3 is 12.1 Å². The average Bonchev–Trinajstić information content (AvgIpc) is 3.06. The van der Waals surface area contributed by atoms with Crippen LogP contribution in [0.4, 0.5) is 26.3 Å². The number of carbonyl (C=O) groups excluding carboxylic acids is 1. The quantitative estimate of drug-likeness (QED) is 0.493. The molecule has 1 aromatic heterocycles. The second-order valence-corrected chi connectivity index (χ2v) is 7.80. The minimum absolute atomic E-state index is 0.113. The minimum Gasteiger partial charge on any atom is -0.478 e. The van der Waals surface area contributed by atoms with Crippen LogP contribution in [0.3, 0.4) is 0 Å². The number of nitrogens with zero attached hydrogens (tertiary/aromatic N) is 2. The number of rotatable bonds is 6. The molecule has 180 valence electrons. The summed E-state index contributed by atoms with van der Waals surface area (Å²) in [6, 6.07) is 0.0310. The zero-order valence-electron chi connectivity index (χ0n) is 17.5. The molecule has 0 bridgehead atoms. The fourth-order valence-corrected chi connectivity index (χ4v) is 4.18. The molecule has 2 aromatic rings. The van der Waals surface area contributed by atoms with Gasteiger partial charge in [-0.05, 0) is 30.0 Å². The van der Waals surface area contributed by atoms with E-state index >= 15 is 0 Å². The van der Waals surface area contributed by atoms with E-state index in [-0.39, 0.29) is 55.7 Å². The molecule has 0 saturated carbocycles. The van der Waals surface area contributed by atoms with Crippen molar-refractivity contribution in [3.05, 3.63) is 57.7 Å². The molecule has 1 aromatic carbocycles. The Balaban J connectivity index is 1.80. The number of benzene rings is 1. The third kappa shape index (κ3) is 4.85. The Morgan fingerprint density at radius 3 is 2.33 bits per heavy atom. The molecular formula is C21H21F6N3O3. The van der Waals surface area contributed by atoms with Crippen molar-refractivity contribution in [3.8, 4) is 0 Å². The van der Waals surface area contributed by atoms with Crippen molar-refractivity contribution in [2.75, 3.05) is 6.54 Å². The number of hydrogen-bond donors (Lipinski definition) is 2. The first-order chi connectivity index (χ1) is 15.3. The number of carbonyl (C=O) groups is 2. The van der Waals surface area contributed by atoms with Crippen molar-refractivity contribution in [1.29, 1.82) is 0 Å². The molecule has 1 aliphatic rings. The van der Waals surface area contributed by atoms with E-state index in [1.54, 1.807) is 0 Å². The second-order valence-electron chi connectivity index (χ2n) is 7.80. The third-order valence-electron chi connectivity index (χ3n) is 5.60. The summed E-state index contributed by atoms with van der Waals surface area (Å²) >= 11 is 0. The highest BCUT2D eigenvalue weighted by Gasteiger charge is 2.43. The Bertz CT molecular complexity index is 1100. The number of alkyl halides is 3. The maximum atomic E-state index is 13.8. The Labute approximate surface area is 184 Å². The number of aromatic carboxylic acids is 1. The van der Waals surface area contributed by atoms with Gasteiger partial charge in [-0.15, -0.1) is 0 Å². The fourth-order valence-electron chi connectivity index (χ4n) is 4.18. The summed E-state index contributed by atoms with van der Waals surface area (Å²) in [4.78, 5) is 25.6. The highest BCUT2D eigenvalue weighted by molar-refractivity contribution is 5.92. The van der Waals surface area contributed by atoms with E-state index < -0.39 is 52.8 Å². The van der Waals surface area contributed by atoms with Crippen molar-refractivity contribution in [2.24, 2.45) is 5.73 Å². The van der Waals surface area contributed by atoms with E-state index in [1.807, 2.05) is 0 Å². The van der Waals surface area contributed by atoms with Crippen LogP contribution in [0.15, 0.2) is 12.1 Å². The SMILES string of the molecule is CCc1c(C(=O)O)c2n(c1C(F)(F)F)CCN(C(=O)C[C@H](N)Cc1cc(F)c(F)cc1F)C2. The number of amides is 1. The molecule has 1 aliphatic heterocycles. The lowest BCUT2D eigenvalue weighted by atomic mass is 10.0. The minimum atomic E-state index is -4.77. The lowest BCUT2D eigenvalue weighted by molar-refractivity contribution is -0.145. The molecule has 33 heavy (non-hydrogen) atoms. The molecule has 3 rings (SSSR count). The summed E-state index contributed by atoms with van der Waals surface area (Å²) in [5.74, 6) is -5.76. The standard InChI is InChI=1S/C21H21F6N3O3/c1-2-12-18(20(32)33)16-9-29(3-4-30(16)19(12)21(25,26)27)17(31)7-11(28)5-10-6-14(23)15(24)8-13(10)22/h6,8,11H,2-5,7,9,28H2,1H3,(H,32,33)/t11-/m1/s1. The monoisotopic (exact) mass is 477 g/mol. The lowest BCUT2D eigenvalue weighted by Crippen LogP contribution is -2.42. The zero-order valence-corrected chi connectivity index (χ0v) is 17.5. The van der Waals surface area contributed by atoms with E-state index in [0.717, 1.165) is 4.57 Å². The number of carboxylic acids is 1.